The Morgan fingerprint density at radius 2 is 1.90 bits per heavy atom. The topological polar surface area (TPSA) is 88.4 Å². The molecule has 3 rings (SSSR count). The fraction of sp³-hybridized carbons (Fsp3) is 0.190. The number of aliphatic carboxylic acids is 1. The van der Waals surface area contributed by atoms with Gasteiger partial charge in [0.25, 0.3) is 5.91 Å². The summed E-state index contributed by atoms with van der Waals surface area (Å²) in [6.07, 6.45) is 1.62. The van der Waals surface area contributed by atoms with Crippen LogP contribution in [0.2, 0.25) is 0 Å². The first-order chi connectivity index (χ1) is 14.0. The summed E-state index contributed by atoms with van der Waals surface area (Å²) in [6.45, 7) is 0. The van der Waals surface area contributed by atoms with E-state index in [1.165, 1.54) is 23.8 Å². The highest BCUT2D eigenvalue weighted by atomic mass is 32.2. The molecule has 8 heteroatoms. The van der Waals surface area contributed by atoms with Gasteiger partial charge in [-0.15, -0.1) is 0 Å². The molecule has 0 bridgehead atoms. The van der Waals surface area contributed by atoms with Crippen LogP contribution in [0.1, 0.15) is 12.0 Å². The van der Waals surface area contributed by atoms with Gasteiger partial charge in [-0.25, -0.2) is 4.99 Å². The Kier molecular flexibility index (Phi) is 6.56. The van der Waals surface area contributed by atoms with Crippen molar-refractivity contribution in [3.63, 3.8) is 0 Å². The highest BCUT2D eigenvalue weighted by molar-refractivity contribution is 8.14. The summed E-state index contributed by atoms with van der Waals surface area (Å²) in [5, 5.41) is 9.35. The van der Waals surface area contributed by atoms with Crippen molar-refractivity contribution in [3.8, 4) is 11.5 Å². The number of carboxylic acids is 1. The number of para-hydroxylation sites is 2. The molecule has 1 amide bonds. The number of amides is 1. The fourth-order valence-electron chi connectivity index (χ4n) is 2.80. The van der Waals surface area contributed by atoms with Gasteiger partial charge in [0, 0.05) is 11.3 Å². The number of thioether (sulfide) groups is 1. The number of anilines is 1. The average Bonchev–Trinajstić information content (AvgIpc) is 3.03. The molecular formula is C21H20N2O5S. The summed E-state index contributed by atoms with van der Waals surface area (Å²) in [5.74, 6) is 0.168. The van der Waals surface area contributed by atoms with E-state index in [4.69, 9.17) is 14.6 Å². The van der Waals surface area contributed by atoms with E-state index in [0.717, 1.165) is 0 Å². The molecule has 29 heavy (non-hydrogen) atoms. The van der Waals surface area contributed by atoms with E-state index < -0.39 is 5.97 Å². The Morgan fingerprint density at radius 3 is 2.55 bits per heavy atom. The van der Waals surface area contributed by atoms with Gasteiger partial charge in [-0.3, -0.25) is 14.5 Å². The Morgan fingerprint density at radius 1 is 1.14 bits per heavy atom. The monoisotopic (exact) mass is 412 g/mol. The number of nitrogens with zero attached hydrogens (tertiary/aromatic N) is 2. The molecule has 0 unspecified atom stereocenters. The van der Waals surface area contributed by atoms with Crippen LogP contribution in [0.15, 0.2) is 59.2 Å². The van der Waals surface area contributed by atoms with Crippen LogP contribution >= 0.6 is 11.8 Å². The van der Waals surface area contributed by atoms with Crippen LogP contribution in [0, 0.1) is 0 Å². The number of rotatable bonds is 7. The van der Waals surface area contributed by atoms with E-state index in [1.54, 1.807) is 43.5 Å². The van der Waals surface area contributed by atoms with Gasteiger partial charge in [-0.05, 0) is 24.3 Å². The van der Waals surface area contributed by atoms with Gasteiger partial charge < -0.3 is 14.6 Å². The summed E-state index contributed by atoms with van der Waals surface area (Å²) in [6, 6.07) is 14.5. The van der Waals surface area contributed by atoms with E-state index >= 15 is 0 Å². The van der Waals surface area contributed by atoms with Crippen molar-refractivity contribution in [3.05, 3.63) is 59.8 Å². The van der Waals surface area contributed by atoms with E-state index in [1.807, 2.05) is 18.2 Å². The smallest absolute Gasteiger partial charge is 0.304 e. The molecule has 1 N–H and O–H groups in total. The number of carbonyl (C=O) groups excluding carboxylic acids is 1. The van der Waals surface area contributed by atoms with Crippen molar-refractivity contribution >= 4 is 40.6 Å². The molecule has 2 aromatic carbocycles. The van der Waals surface area contributed by atoms with Gasteiger partial charge in [-0.1, -0.05) is 42.1 Å². The second kappa shape index (κ2) is 9.29. The quantitative estimate of drug-likeness (QED) is 0.699. The van der Waals surface area contributed by atoms with E-state index in [2.05, 4.69) is 4.99 Å². The number of methoxy groups -OCH3 is 2. The highest BCUT2D eigenvalue weighted by Gasteiger charge is 2.32. The molecule has 0 spiro atoms. The molecule has 7 nitrogen and oxygen atoms in total. The molecule has 1 aliphatic heterocycles. The standard InChI is InChI=1S/C21H20N2O5S/c1-27-17-10-6-7-14(19(17)28-2)13-16-20(26)23(15-8-4-3-5-9-15)21(22-16)29-12-11-18(24)25/h3-10,13H,11-12H2,1-2H3,(H,24,25)/b16-13+. The van der Waals surface area contributed by atoms with Crippen LogP contribution in [0.3, 0.4) is 0 Å². The summed E-state index contributed by atoms with van der Waals surface area (Å²) in [5.41, 5.74) is 1.56. The predicted molar refractivity (Wildman–Crippen MR) is 114 cm³/mol. The van der Waals surface area contributed by atoms with Crippen molar-refractivity contribution in [1.29, 1.82) is 0 Å². The summed E-state index contributed by atoms with van der Waals surface area (Å²) in [4.78, 5) is 29.9. The zero-order valence-electron chi connectivity index (χ0n) is 16.0. The maximum absolute atomic E-state index is 13.1. The van der Waals surface area contributed by atoms with Crippen LogP contribution in [0.4, 0.5) is 5.69 Å². The molecule has 0 fully saturated rings. The molecule has 0 aromatic heterocycles. The third-order valence-electron chi connectivity index (χ3n) is 4.12. The van der Waals surface area contributed by atoms with Crippen LogP contribution in [0.25, 0.3) is 6.08 Å². The van der Waals surface area contributed by atoms with Gasteiger partial charge in [0.05, 0.1) is 26.3 Å². The van der Waals surface area contributed by atoms with Gasteiger partial charge in [0.2, 0.25) is 0 Å². The molecule has 0 atom stereocenters. The van der Waals surface area contributed by atoms with Crippen LogP contribution < -0.4 is 14.4 Å². The molecule has 2 aromatic rings. The summed E-state index contributed by atoms with van der Waals surface area (Å²) in [7, 11) is 3.07. The number of carboxylic acid groups (broad SMARTS) is 1. The lowest BCUT2D eigenvalue weighted by Gasteiger charge is -2.17. The first kappa shape index (κ1) is 20.5. The second-order valence-corrected chi connectivity index (χ2v) is 7.04. The maximum atomic E-state index is 13.1. The lowest BCUT2D eigenvalue weighted by molar-refractivity contribution is -0.136. The third kappa shape index (κ3) is 4.60. The van der Waals surface area contributed by atoms with Gasteiger partial charge in [0.1, 0.15) is 5.70 Å². The molecule has 0 saturated carbocycles. The number of hydrogen-bond donors (Lipinski definition) is 1. The Hall–Kier alpha value is -3.26. The average molecular weight is 412 g/mol. The van der Waals surface area contributed by atoms with Crippen molar-refractivity contribution < 1.29 is 24.2 Å². The fourth-order valence-corrected chi connectivity index (χ4v) is 3.74. The first-order valence-electron chi connectivity index (χ1n) is 8.80. The molecule has 0 saturated heterocycles. The minimum atomic E-state index is -0.898. The third-order valence-corrected chi connectivity index (χ3v) is 5.06. The van der Waals surface area contributed by atoms with Gasteiger partial charge in [-0.2, -0.15) is 0 Å². The zero-order valence-corrected chi connectivity index (χ0v) is 16.8. The molecule has 150 valence electrons. The number of hydrogen-bond acceptors (Lipinski definition) is 6. The highest BCUT2D eigenvalue weighted by Crippen LogP contribution is 2.34. The van der Waals surface area contributed by atoms with E-state index in [-0.39, 0.29) is 18.0 Å². The molecule has 1 heterocycles. The number of carbonyl (C=O) groups is 2. The maximum Gasteiger partial charge on any atom is 0.304 e. The minimum absolute atomic E-state index is 0.0245. The SMILES string of the molecule is COc1cccc(/C=C2/N=C(SCCC(=O)O)N(c3ccccc3)C2=O)c1OC. The largest absolute Gasteiger partial charge is 0.493 e. The van der Waals surface area contributed by atoms with Crippen LogP contribution in [0.5, 0.6) is 11.5 Å². The van der Waals surface area contributed by atoms with Gasteiger partial charge in [0.15, 0.2) is 16.7 Å². The summed E-state index contributed by atoms with van der Waals surface area (Å²) < 4.78 is 10.7. The predicted octanol–water partition coefficient (Wildman–Crippen LogP) is 3.66. The second-order valence-electron chi connectivity index (χ2n) is 5.98. The lowest BCUT2D eigenvalue weighted by Crippen LogP contribution is -2.30. The Labute approximate surface area is 172 Å². The number of amidine groups is 1. The van der Waals surface area contributed by atoms with E-state index in [0.29, 0.717) is 33.7 Å². The summed E-state index contributed by atoms with van der Waals surface area (Å²) >= 11 is 1.23. The molecule has 1 aliphatic rings. The molecule has 0 radical (unpaired) electrons. The van der Waals surface area contributed by atoms with Crippen LogP contribution in [-0.4, -0.2) is 42.1 Å². The number of benzene rings is 2. The van der Waals surface area contributed by atoms with Crippen molar-refractivity contribution in [1.82, 2.24) is 0 Å². The zero-order chi connectivity index (χ0) is 20.8. The van der Waals surface area contributed by atoms with Crippen molar-refractivity contribution in [2.45, 2.75) is 6.42 Å². The first-order valence-corrected chi connectivity index (χ1v) is 9.79. The lowest BCUT2D eigenvalue weighted by atomic mass is 10.1. The normalized spacial score (nSPS) is 14.8. The minimum Gasteiger partial charge on any atom is -0.493 e. The Balaban J connectivity index is 1.99. The van der Waals surface area contributed by atoms with Crippen molar-refractivity contribution in [2.75, 3.05) is 24.9 Å². The number of aliphatic imine (C=N–C) groups is 1. The Bertz CT molecular complexity index is 972. The van der Waals surface area contributed by atoms with Gasteiger partial charge >= 0.3 is 5.97 Å². The van der Waals surface area contributed by atoms with Crippen molar-refractivity contribution in [2.24, 2.45) is 4.99 Å². The molecular weight excluding hydrogens is 392 g/mol. The number of ether oxygens (including phenoxy) is 2. The van der Waals surface area contributed by atoms with E-state index in [9.17, 15) is 9.59 Å². The molecule has 0 aliphatic carbocycles. The van der Waals surface area contributed by atoms with Crippen LogP contribution in [-0.2, 0) is 9.59 Å².